The van der Waals surface area contributed by atoms with Gasteiger partial charge in [-0.3, -0.25) is 0 Å². The van der Waals surface area contributed by atoms with Gasteiger partial charge in [0.25, 0.3) is 0 Å². The van der Waals surface area contributed by atoms with Gasteiger partial charge in [0.2, 0.25) is 0 Å². The van der Waals surface area contributed by atoms with Gasteiger partial charge in [-0.05, 0) is 0 Å². The summed E-state index contributed by atoms with van der Waals surface area (Å²) in [5.41, 5.74) is 0. The molecule has 1 radical (unpaired) electrons. The Morgan fingerprint density at radius 2 is 0.571 bits per heavy atom. The van der Waals surface area contributed by atoms with Gasteiger partial charge in [-0.1, -0.05) is 0 Å². The van der Waals surface area contributed by atoms with Crippen LogP contribution in [0.15, 0.2) is 0 Å². The fraction of sp³-hybridized carbons (Fsp3) is 0. The molecule has 0 amide bonds. The van der Waals surface area contributed by atoms with Gasteiger partial charge < -0.3 is 33.3 Å². The van der Waals surface area contributed by atoms with Crippen LogP contribution < -0.4 is 0 Å². The van der Waals surface area contributed by atoms with Crippen LogP contribution in [0.25, 0.3) is 17.7 Å². The standard InChI is InChI=1S/Fe.3H2NO/c;3*1-2/h;3*1-2H/q+3;3*-1. The minimum absolute atomic E-state index is 0. The van der Waals surface area contributed by atoms with E-state index < -0.39 is 0 Å². The van der Waals surface area contributed by atoms with E-state index in [1.165, 1.54) is 0 Å². The maximum Gasteiger partial charge on any atom is 3.00 e. The van der Waals surface area contributed by atoms with Gasteiger partial charge in [0.1, 0.15) is 0 Å². The van der Waals surface area contributed by atoms with Crippen molar-refractivity contribution >= 4 is 0 Å². The van der Waals surface area contributed by atoms with Gasteiger partial charge in [-0.2, -0.15) is 0 Å². The average Bonchev–Trinajstić information content (AvgIpc) is 1.81. The van der Waals surface area contributed by atoms with E-state index in [1.54, 1.807) is 0 Å². The summed E-state index contributed by atoms with van der Waals surface area (Å²) in [4.78, 5) is 0. The minimum atomic E-state index is 0. The Balaban J connectivity index is -0.00000000900. The quantitative estimate of drug-likeness (QED) is 0.356. The van der Waals surface area contributed by atoms with Crippen molar-refractivity contribution in [2.45, 2.75) is 0 Å². The molecule has 0 unspecified atom stereocenters. The molecule has 0 atom stereocenters. The fourth-order valence-corrected chi connectivity index (χ4v) is 0. The summed E-state index contributed by atoms with van der Waals surface area (Å²) in [6, 6.07) is 0. The van der Waals surface area contributed by atoms with E-state index in [4.69, 9.17) is 33.3 Å². The molecular formula is H6FeN3O3. The summed E-state index contributed by atoms with van der Waals surface area (Å²) in [6.07, 6.45) is 0. The SMILES string of the molecule is [Fe+3].[NH-]O.[NH-]O.[NH-]O. The van der Waals surface area contributed by atoms with Gasteiger partial charge in [0, 0.05) is 0 Å². The number of nitrogens with one attached hydrogen (secondary N) is 3. The summed E-state index contributed by atoms with van der Waals surface area (Å²) in [5.74, 6) is 14.2. The topological polar surface area (TPSA) is 132 Å². The van der Waals surface area contributed by atoms with Crippen LogP contribution >= 0.6 is 0 Å². The van der Waals surface area contributed by atoms with Crippen molar-refractivity contribution in [2.75, 3.05) is 0 Å². The van der Waals surface area contributed by atoms with Gasteiger partial charge in [-0.15, -0.1) is 0 Å². The molecular weight excluding hydrogens is 146 g/mol. The van der Waals surface area contributed by atoms with Crippen LogP contribution in [0.5, 0.6) is 0 Å². The number of hydrogen-bond donors (Lipinski definition) is 3. The third-order valence-electron chi connectivity index (χ3n) is 0. The van der Waals surface area contributed by atoms with E-state index in [0.717, 1.165) is 0 Å². The van der Waals surface area contributed by atoms with Gasteiger partial charge in [-0.25, -0.2) is 0 Å². The van der Waals surface area contributed by atoms with Gasteiger partial charge >= 0.3 is 17.1 Å². The van der Waals surface area contributed by atoms with Gasteiger partial charge in [0.05, 0.1) is 0 Å². The maximum atomic E-state index is 6.25. The second kappa shape index (κ2) is 2240. The Labute approximate surface area is 51.2 Å². The molecule has 0 saturated carbocycles. The molecule has 47 valence electrons. The second-order valence-corrected chi connectivity index (χ2v) is 0. The Bertz CT molecular complexity index is 10.1. The first-order valence-electron chi connectivity index (χ1n) is 0.671. The summed E-state index contributed by atoms with van der Waals surface area (Å²) >= 11 is 0. The molecule has 0 aromatic carbocycles. The van der Waals surface area contributed by atoms with E-state index in [2.05, 4.69) is 0 Å². The van der Waals surface area contributed by atoms with Crippen molar-refractivity contribution in [3.63, 3.8) is 0 Å². The van der Waals surface area contributed by atoms with Crippen LogP contribution in [0.2, 0.25) is 0 Å². The van der Waals surface area contributed by atoms with Crippen LogP contribution in [0.4, 0.5) is 0 Å². The third-order valence-corrected chi connectivity index (χ3v) is 0. The summed E-state index contributed by atoms with van der Waals surface area (Å²) in [5, 5.41) is 18.8. The molecule has 0 bridgehead atoms. The average molecular weight is 152 g/mol. The van der Waals surface area contributed by atoms with Crippen LogP contribution in [0.3, 0.4) is 0 Å². The summed E-state index contributed by atoms with van der Waals surface area (Å²) < 4.78 is 0. The number of hydrogen-bond acceptors (Lipinski definition) is 3. The zero-order valence-electron chi connectivity index (χ0n) is 3.20. The van der Waals surface area contributed by atoms with Crippen molar-refractivity contribution in [2.24, 2.45) is 0 Å². The predicted octanol–water partition coefficient (Wildman–Crippen LogP) is 1.28. The van der Waals surface area contributed by atoms with Crippen LogP contribution in [0, 0.1) is 0 Å². The molecule has 0 saturated heterocycles. The molecule has 0 spiro atoms. The smallest absolute Gasteiger partial charge is 0.553 e. The third kappa shape index (κ3) is 1470. The molecule has 0 heterocycles. The largest absolute Gasteiger partial charge is 3.00 e. The van der Waals surface area contributed by atoms with Crippen LogP contribution in [0.1, 0.15) is 0 Å². The molecule has 7 heavy (non-hydrogen) atoms. The Kier molecular flexibility index (Phi) is 8540. The van der Waals surface area contributed by atoms with Gasteiger partial charge in [0.15, 0.2) is 0 Å². The maximum absolute atomic E-state index is 6.25. The Morgan fingerprint density at radius 3 is 0.571 bits per heavy atom. The monoisotopic (exact) mass is 152 g/mol. The zero-order chi connectivity index (χ0) is 6.00. The zero-order valence-corrected chi connectivity index (χ0v) is 4.30. The van der Waals surface area contributed by atoms with Crippen LogP contribution in [-0.2, 0) is 17.1 Å². The molecule has 7 heteroatoms. The normalized spacial score (nSPS) is 2.57. The first kappa shape index (κ1) is 26.7. The Morgan fingerprint density at radius 1 is 0.571 bits per heavy atom. The van der Waals surface area contributed by atoms with Crippen molar-refractivity contribution in [1.29, 1.82) is 0 Å². The first-order valence-corrected chi connectivity index (χ1v) is 0.671. The minimum Gasteiger partial charge on any atom is -0.553 e. The summed E-state index contributed by atoms with van der Waals surface area (Å²) in [6.45, 7) is 0. The fourth-order valence-electron chi connectivity index (χ4n) is 0. The van der Waals surface area contributed by atoms with E-state index in [-0.39, 0.29) is 17.1 Å². The van der Waals surface area contributed by atoms with Crippen molar-refractivity contribution < 1.29 is 32.7 Å². The molecule has 6 N–H and O–H groups in total. The van der Waals surface area contributed by atoms with E-state index in [9.17, 15) is 0 Å². The van der Waals surface area contributed by atoms with Crippen molar-refractivity contribution in [1.82, 2.24) is 0 Å². The Hall–Kier alpha value is 0.279. The van der Waals surface area contributed by atoms with E-state index in [0.29, 0.717) is 0 Å². The molecule has 0 aromatic heterocycles. The molecule has 0 aromatic rings. The molecule has 0 aliphatic rings. The van der Waals surface area contributed by atoms with Crippen molar-refractivity contribution in [3.8, 4) is 0 Å². The van der Waals surface area contributed by atoms with Crippen LogP contribution in [-0.4, -0.2) is 15.6 Å². The molecule has 0 aliphatic carbocycles. The second-order valence-electron chi connectivity index (χ2n) is 0. The predicted molar refractivity (Wildman–Crippen MR) is 18.3 cm³/mol. The van der Waals surface area contributed by atoms with E-state index in [1.807, 2.05) is 0 Å². The summed E-state index contributed by atoms with van der Waals surface area (Å²) in [7, 11) is 0. The van der Waals surface area contributed by atoms with Crippen molar-refractivity contribution in [3.05, 3.63) is 17.7 Å². The van der Waals surface area contributed by atoms with E-state index >= 15 is 0 Å². The molecule has 6 nitrogen and oxygen atoms in total. The molecule has 0 fully saturated rings. The molecule has 0 rings (SSSR count). The molecule has 0 aliphatic heterocycles. The number of rotatable bonds is 0. The first-order chi connectivity index (χ1) is 3.00.